The molecule has 6 N–H and O–H groups in total. The van der Waals surface area contributed by atoms with E-state index in [4.69, 9.17) is 5.73 Å². The minimum absolute atomic E-state index is 0.0717. The van der Waals surface area contributed by atoms with Gasteiger partial charge >= 0.3 is 12.2 Å². The van der Waals surface area contributed by atoms with Crippen LogP contribution in [0, 0.1) is 10.1 Å². The second kappa shape index (κ2) is 18.4. The second-order valence-electron chi connectivity index (χ2n) is 10.7. The van der Waals surface area contributed by atoms with Crippen LogP contribution in [0.3, 0.4) is 0 Å². The Labute approximate surface area is 258 Å². The van der Waals surface area contributed by atoms with Gasteiger partial charge in [-0.05, 0) is 82.2 Å². The minimum atomic E-state index is -0.662. The SMILES string of the molecule is COC(=O)Nc1ccc(NCCN2CCCCC2)c(N)c1.COC(=O)Nc1ccc(NCCN2CCCCC2)c([N+](=O)[O-])c1. The van der Waals surface area contributed by atoms with Crippen LogP contribution in [-0.2, 0) is 9.47 Å². The molecule has 2 aliphatic heterocycles. The lowest BCUT2D eigenvalue weighted by Gasteiger charge is -2.26. The molecule has 14 heteroatoms. The number of nitrogens with one attached hydrogen (secondary N) is 4. The maximum absolute atomic E-state index is 11.2. The predicted octanol–water partition coefficient (Wildman–Crippen LogP) is 5.02. The third-order valence-electron chi connectivity index (χ3n) is 7.49. The summed E-state index contributed by atoms with van der Waals surface area (Å²) in [7, 11) is 2.56. The van der Waals surface area contributed by atoms with Gasteiger partial charge in [0.1, 0.15) is 5.69 Å². The Bertz CT molecular complexity index is 1220. The van der Waals surface area contributed by atoms with Gasteiger partial charge in [-0.2, -0.15) is 0 Å². The summed E-state index contributed by atoms with van der Waals surface area (Å²) in [5.74, 6) is 0. The first-order valence-electron chi connectivity index (χ1n) is 15.1. The van der Waals surface area contributed by atoms with E-state index in [9.17, 15) is 19.7 Å². The molecule has 0 bridgehead atoms. The molecule has 242 valence electrons. The average Bonchev–Trinajstić information content (AvgIpc) is 3.03. The number of hydrogen-bond donors (Lipinski definition) is 5. The summed E-state index contributed by atoms with van der Waals surface area (Å²) in [5.41, 5.74) is 8.82. The van der Waals surface area contributed by atoms with Gasteiger partial charge in [0.2, 0.25) is 0 Å². The van der Waals surface area contributed by atoms with Crippen molar-refractivity contribution in [2.24, 2.45) is 0 Å². The molecule has 2 aliphatic rings. The summed E-state index contributed by atoms with van der Waals surface area (Å²) < 4.78 is 9.02. The number of rotatable bonds is 11. The van der Waals surface area contributed by atoms with Gasteiger partial charge in [-0.3, -0.25) is 20.7 Å². The molecule has 0 radical (unpaired) electrons. The number of piperidine rings is 2. The van der Waals surface area contributed by atoms with E-state index in [0.717, 1.165) is 38.4 Å². The standard InChI is InChI=1S/C15H22N4O4.C15H24N4O2/c1-23-15(20)17-12-5-6-13(14(11-12)19(21)22)16-7-10-18-8-3-2-4-9-18;1-21-15(20)18-12-5-6-14(13(16)11-12)17-7-10-19-8-3-2-4-9-19/h5-6,11,16H,2-4,7-10H2,1H3,(H,17,20);5-6,11,17H,2-4,7-10,16H2,1H3,(H,18,20). The molecule has 2 saturated heterocycles. The van der Waals surface area contributed by atoms with Gasteiger partial charge in [0.25, 0.3) is 5.69 Å². The van der Waals surface area contributed by atoms with E-state index in [0.29, 0.717) is 29.3 Å². The zero-order chi connectivity index (χ0) is 31.7. The normalized spacial score (nSPS) is 15.2. The number of carbonyl (C=O) groups is 2. The molecular formula is C30H46N8O6. The Morgan fingerprint density at radius 1 is 0.773 bits per heavy atom. The fraction of sp³-hybridized carbons (Fsp3) is 0.533. The van der Waals surface area contributed by atoms with Gasteiger partial charge in [0, 0.05) is 37.9 Å². The van der Waals surface area contributed by atoms with E-state index in [-0.39, 0.29) is 5.69 Å². The Morgan fingerprint density at radius 3 is 1.68 bits per heavy atom. The van der Waals surface area contributed by atoms with Crippen molar-refractivity contribution in [2.45, 2.75) is 38.5 Å². The topological polar surface area (TPSA) is 176 Å². The highest BCUT2D eigenvalue weighted by Gasteiger charge is 2.16. The molecule has 14 nitrogen and oxygen atoms in total. The molecule has 2 amide bonds. The Morgan fingerprint density at radius 2 is 1.23 bits per heavy atom. The van der Waals surface area contributed by atoms with Crippen LogP contribution in [0.15, 0.2) is 36.4 Å². The molecule has 2 heterocycles. The van der Waals surface area contributed by atoms with Gasteiger partial charge in [-0.25, -0.2) is 9.59 Å². The number of anilines is 5. The molecule has 4 rings (SSSR count). The van der Waals surface area contributed by atoms with Crippen molar-refractivity contribution in [3.8, 4) is 0 Å². The number of nitrogens with two attached hydrogens (primary N) is 1. The third-order valence-corrected chi connectivity index (χ3v) is 7.49. The van der Waals surface area contributed by atoms with Crippen LogP contribution < -0.4 is 27.0 Å². The molecule has 2 aromatic rings. The van der Waals surface area contributed by atoms with Gasteiger partial charge in [-0.15, -0.1) is 0 Å². The van der Waals surface area contributed by atoms with Gasteiger partial charge in [-0.1, -0.05) is 12.8 Å². The highest BCUT2D eigenvalue weighted by molar-refractivity contribution is 5.87. The summed E-state index contributed by atoms with van der Waals surface area (Å²) >= 11 is 0. The fourth-order valence-corrected chi connectivity index (χ4v) is 5.11. The molecule has 0 spiro atoms. The van der Waals surface area contributed by atoms with E-state index in [1.165, 1.54) is 71.9 Å². The number of amides is 2. The van der Waals surface area contributed by atoms with Crippen LogP contribution in [0.25, 0.3) is 0 Å². The number of nitro groups is 1. The van der Waals surface area contributed by atoms with Crippen LogP contribution in [0.1, 0.15) is 38.5 Å². The van der Waals surface area contributed by atoms with Crippen LogP contribution in [0.4, 0.5) is 43.7 Å². The van der Waals surface area contributed by atoms with E-state index in [1.54, 1.807) is 24.3 Å². The number of carbonyl (C=O) groups excluding carboxylic acids is 2. The minimum Gasteiger partial charge on any atom is -0.453 e. The largest absolute Gasteiger partial charge is 0.453 e. The first kappa shape index (κ1) is 34.2. The lowest BCUT2D eigenvalue weighted by atomic mass is 10.1. The molecule has 0 saturated carbocycles. The molecular weight excluding hydrogens is 568 g/mol. The Kier molecular flexibility index (Phi) is 14.3. The first-order valence-corrected chi connectivity index (χ1v) is 15.1. The highest BCUT2D eigenvalue weighted by atomic mass is 16.6. The van der Waals surface area contributed by atoms with E-state index < -0.39 is 17.1 Å². The second-order valence-corrected chi connectivity index (χ2v) is 10.7. The summed E-state index contributed by atoms with van der Waals surface area (Å²) in [5, 5.41) is 22.7. The molecule has 2 fully saturated rings. The van der Waals surface area contributed by atoms with Crippen molar-refractivity contribution in [2.75, 3.05) is 93.6 Å². The molecule has 0 atom stereocenters. The average molecular weight is 615 g/mol. The van der Waals surface area contributed by atoms with Gasteiger partial charge in [0.15, 0.2) is 0 Å². The van der Waals surface area contributed by atoms with Gasteiger partial charge in [0.05, 0.1) is 36.2 Å². The molecule has 0 unspecified atom stereocenters. The Balaban J connectivity index is 0.000000241. The smallest absolute Gasteiger partial charge is 0.411 e. The van der Waals surface area contributed by atoms with Gasteiger partial charge < -0.3 is 35.6 Å². The molecule has 2 aromatic carbocycles. The fourth-order valence-electron chi connectivity index (χ4n) is 5.11. The van der Waals surface area contributed by atoms with Crippen LogP contribution in [-0.4, -0.2) is 93.5 Å². The third kappa shape index (κ3) is 11.8. The van der Waals surface area contributed by atoms with Crippen molar-refractivity contribution < 1.29 is 24.0 Å². The van der Waals surface area contributed by atoms with Crippen LogP contribution in [0.5, 0.6) is 0 Å². The van der Waals surface area contributed by atoms with Crippen LogP contribution >= 0.6 is 0 Å². The van der Waals surface area contributed by atoms with Crippen molar-refractivity contribution in [1.29, 1.82) is 0 Å². The zero-order valence-electron chi connectivity index (χ0n) is 25.7. The highest BCUT2D eigenvalue weighted by Crippen LogP contribution is 2.28. The van der Waals surface area contributed by atoms with E-state index in [2.05, 4.69) is 40.5 Å². The maximum Gasteiger partial charge on any atom is 0.411 e. The monoisotopic (exact) mass is 614 g/mol. The quantitative estimate of drug-likeness (QED) is 0.131. The van der Waals surface area contributed by atoms with E-state index in [1.807, 2.05) is 6.07 Å². The number of nitrogen functional groups attached to an aromatic ring is 1. The van der Waals surface area contributed by atoms with Crippen molar-refractivity contribution >= 4 is 46.3 Å². The maximum atomic E-state index is 11.2. The predicted molar refractivity (Wildman–Crippen MR) is 174 cm³/mol. The number of hydrogen-bond acceptors (Lipinski definition) is 11. The molecule has 0 aromatic heterocycles. The zero-order valence-corrected chi connectivity index (χ0v) is 25.7. The summed E-state index contributed by atoms with van der Waals surface area (Å²) in [6.45, 7) is 7.97. The van der Waals surface area contributed by atoms with Crippen molar-refractivity contribution in [3.63, 3.8) is 0 Å². The molecule has 44 heavy (non-hydrogen) atoms. The summed E-state index contributed by atoms with van der Waals surface area (Å²) in [6.07, 6.45) is 6.51. The first-order chi connectivity index (χ1) is 21.3. The number of likely N-dealkylation sites (tertiary alicyclic amines) is 2. The molecule has 0 aliphatic carbocycles. The number of ether oxygens (including phenoxy) is 2. The van der Waals surface area contributed by atoms with Crippen molar-refractivity contribution in [3.05, 3.63) is 46.5 Å². The number of nitrogens with zero attached hydrogens (tertiary/aromatic N) is 3. The Hall–Kier alpha value is -4.30. The lowest BCUT2D eigenvalue weighted by Crippen LogP contribution is -2.33. The van der Waals surface area contributed by atoms with E-state index >= 15 is 0 Å². The number of methoxy groups -OCH3 is 2. The summed E-state index contributed by atoms with van der Waals surface area (Å²) in [4.78, 5) is 37.9. The van der Waals surface area contributed by atoms with Crippen LogP contribution in [0.2, 0.25) is 0 Å². The number of nitro benzene ring substituents is 1. The lowest BCUT2D eigenvalue weighted by molar-refractivity contribution is -0.383. The van der Waals surface area contributed by atoms with Crippen molar-refractivity contribution in [1.82, 2.24) is 9.80 Å². The summed E-state index contributed by atoms with van der Waals surface area (Å²) in [6, 6.07) is 9.92. The number of benzene rings is 2.